The Bertz CT molecular complexity index is 737. The standard InChI is InChI=1S/C24H38O12/c1-15(25)32-14-19-21(33-16(2)26)22(34-17(3)27)23(35-18(4)28)24(36-19)31-13-11-9-7-6-8-10-12-20(29)30-5/h19,21-24H,6-14H2,1-5H3/t19-,21+,22+,23-,24-/m1/s1. The summed E-state index contributed by atoms with van der Waals surface area (Å²) < 4.78 is 37.4. The van der Waals surface area contributed by atoms with Crippen molar-refractivity contribution in [1.82, 2.24) is 0 Å². The molecule has 1 aliphatic heterocycles. The van der Waals surface area contributed by atoms with Gasteiger partial charge in [0.1, 0.15) is 12.7 Å². The van der Waals surface area contributed by atoms with Crippen LogP contribution in [-0.2, 0) is 57.1 Å². The summed E-state index contributed by atoms with van der Waals surface area (Å²) in [6.07, 6.45) is -0.370. The lowest BCUT2D eigenvalue weighted by atomic mass is 9.98. The fraction of sp³-hybridized carbons (Fsp3) is 0.792. The van der Waals surface area contributed by atoms with E-state index >= 15 is 0 Å². The van der Waals surface area contributed by atoms with Gasteiger partial charge in [-0.15, -0.1) is 0 Å². The minimum absolute atomic E-state index is 0.215. The van der Waals surface area contributed by atoms with Gasteiger partial charge in [0.25, 0.3) is 0 Å². The van der Waals surface area contributed by atoms with Crippen LogP contribution in [0.5, 0.6) is 0 Å². The van der Waals surface area contributed by atoms with Gasteiger partial charge in [-0.25, -0.2) is 0 Å². The topological polar surface area (TPSA) is 150 Å². The summed E-state index contributed by atoms with van der Waals surface area (Å²) in [5, 5.41) is 0. The number of esters is 5. The average Bonchev–Trinajstić information content (AvgIpc) is 2.79. The number of hydrogen-bond donors (Lipinski definition) is 0. The molecule has 0 aromatic heterocycles. The van der Waals surface area contributed by atoms with E-state index in [2.05, 4.69) is 4.74 Å². The van der Waals surface area contributed by atoms with E-state index in [0.717, 1.165) is 46.0 Å². The maximum absolute atomic E-state index is 11.8. The molecule has 36 heavy (non-hydrogen) atoms. The summed E-state index contributed by atoms with van der Waals surface area (Å²) in [5.41, 5.74) is 0. The van der Waals surface area contributed by atoms with Crippen molar-refractivity contribution in [2.45, 2.75) is 103 Å². The molecule has 0 amide bonds. The summed E-state index contributed by atoms with van der Waals surface area (Å²) in [6.45, 7) is 4.64. The number of methoxy groups -OCH3 is 1. The Morgan fingerprint density at radius 3 is 1.75 bits per heavy atom. The third kappa shape index (κ3) is 12.3. The fourth-order valence-corrected chi connectivity index (χ4v) is 3.70. The molecule has 1 saturated heterocycles. The Morgan fingerprint density at radius 1 is 0.667 bits per heavy atom. The summed E-state index contributed by atoms with van der Waals surface area (Å²) in [6, 6.07) is 0. The predicted octanol–water partition coefficient (Wildman–Crippen LogP) is 1.99. The third-order valence-electron chi connectivity index (χ3n) is 5.23. The maximum Gasteiger partial charge on any atom is 0.305 e. The molecule has 12 nitrogen and oxygen atoms in total. The molecular formula is C24H38O12. The minimum atomic E-state index is -1.25. The molecule has 1 aliphatic rings. The molecule has 12 heteroatoms. The molecule has 5 atom stereocenters. The quantitative estimate of drug-likeness (QED) is 0.177. The van der Waals surface area contributed by atoms with Crippen molar-refractivity contribution < 1.29 is 57.1 Å². The van der Waals surface area contributed by atoms with Crippen LogP contribution in [0, 0.1) is 0 Å². The Balaban J connectivity index is 2.80. The van der Waals surface area contributed by atoms with Crippen molar-refractivity contribution in [3.8, 4) is 0 Å². The highest BCUT2D eigenvalue weighted by molar-refractivity contribution is 5.69. The first-order valence-corrected chi connectivity index (χ1v) is 12.0. The van der Waals surface area contributed by atoms with Crippen molar-refractivity contribution in [3.05, 3.63) is 0 Å². The van der Waals surface area contributed by atoms with Crippen molar-refractivity contribution in [1.29, 1.82) is 0 Å². The molecule has 1 fully saturated rings. The van der Waals surface area contributed by atoms with Crippen molar-refractivity contribution in [2.75, 3.05) is 20.3 Å². The predicted molar refractivity (Wildman–Crippen MR) is 122 cm³/mol. The van der Waals surface area contributed by atoms with E-state index < -0.39 is 54.6 Å². The van der Waals surface area contributed by atoms with Gasteiger partial charge in [-0.05, 0) is 12.8 Å². The van der Waals surface area contributed by atoms with E-state index in [-0.39, 0.29) is 19.2 Å². The molecule has 0 unspecified atom stereocenters. The average molecular weight is 519 g/mol. The van der Waals surface area contributed by atoms with Crippen molar-refractivity contribution >= 4 is 29.8 Å². The highest BCUT2D eigenvalue weighted by Crippen LogP contribution is 2.30. The summed E-state index contributed by atoms with van der Waals surface area (Å²) in [5.74, 6) is -2.88. The summed E-state index contributed by atoms with van der Waals surface area (Å²) in [7, 11) is 1.37. The lowest BCUT2D eigenvalue weighted by Crippen LogP contribution is -2.63. The normalized spacial score (nSPS) is 23.3. The van der Waals surface area contributed by atoms with Gasteiger partial charge in [0.05, 0.1) is 7.11 Å². The Labute approximate surface area is 211 Å². The highest BCUT2D eigenvalue weighted by atomic mass is 16.7. The number of hydrogen-bond acceptors (Lipinski definition) is 12. The maximum atomic E-state index is 11.8. The molecular weight excluding hydrogens is 480 g/mol. The highest BCUT2D eigenvalue weighted by Gasteiger charge is 2.52. The van der Waals surface area contributed by atoms with Gasteiger partial charge in [0, 0.05) is 40.7 Å². The van der Waals surface area contributed by atoms with Gasteiger partial charge in [0.2, 0.25) is 0 Å². The minimum Gasteiger partial charge on any atom is -0.469 e. The molecule has 1 rings (SSSR count). The molecule has 0 radical (unpaired) electrons. The first-order valence-electron chi connectivity index (χ1n) is 12.0. The summed E-state index contributed by atoms with van der Waals surface area (Å²) >= 11 is 0. The van der Waals surface area contributed by atoms with Crippen LogP contribution >= 0.6 is 0 Å². The molecule has 0 saturated carbocycles. The second-order valence-electron chi connectivity index (χ2n) is 8.39. The third-order valence-corrected chi connectivity index (χ3v) is 5.23. The fourth-order valence-electron chi connectivity index (χ4n) is 3.70. The van der Waals surface area contributed by atoms with E-state index in [4.69, 9.17) is 28.4 Å². The second kappa shape index (κ2) is 16.9. The number of carbonyl (C=O) groups is 5. The van der Waals surface area contributed by atoms with E-state index in [0.29, 0.717) is 12.8 Å². The van der Waals surface area contributed by atoms with Gasteiger partial charge < -0.3 is 33.2 Å². The molecule has 0 bridgehead atoms. The van der Waals surface area contributed by atoms with Gasteiger partial charge in [-0.1, -0.05) is 25.7 Å². The van der Waals surface area contributed by atoms with Crippen LogP contribution in [0.15, 0.2) is 0 Å². The van der Waals surface area contributed by atoms with E-state index in [1.165, 1.54) is 21.0 Å². The van der Waals surface area contributed by atoms with Crippen LogP contribution in [0.1, 0.15) is 72.6 Å². The van der Waals surface area contributed by atoms with Gasteiger partial charge in [-0.3, -0.25) is 24.0 Å². The number of carbonyl (C=O) groups excluding carboxylic acids is 5. The monoisotopic (exact) mass is 518 g/mol. The first kappa shape index (κ1) is 31.3. The van der Waals surface area contributed by atoms with Crippen molar-refractivity contribution in [2.24, 2.45) is 0 Å². The zero-order chi connectivity index (χ0) is 27.1. The zero-order valence-electron chi connectivity index (χ0n) is 21.6. The molecule has 0 aromatic rings. The van der Waals surface area contributed by atoms with Crippen LogP contribution in [0.25, 0.3) is 0 Å². The molecule has 0 N–H and O–H groups in total. The van der Waals surface area contributed by atoms with Crippen LogP contribution in [-0.4, -0.2) is 80.9 Å². The van der Waals surface area contributed by atoms with E-state index in [1.807, 2.05) is 0 Å². The number of rotatable bonds is 15. The van der Waals surface area contributed by atoms with Crippen molar-refractivity contribution in [3.63, 3.8) is 0 Å². The molecule has 0 aliphatic carbocycles. The lowest BCUT2D eigenvalue weighted by Gasteiger charge is -2.44. The van der Waals surface area contributed by atoms with Crippen LogP contribution in [0.4, 0.5) is 0 Å². The van der Waals surface area contributed by atoms with Gasteiger partial charge in [-0.2, -0.15) is 0 Å². The first-order chi connectivity index (χ1) is 17.0. The molecule has 206 valence electrons. The Morgan fingerprint density at radius 2 is 1.19 bits per heavy atom. The van der Waals surface area contributed by atoms with E-state index in [9.17, 15) is 24.0 Å². The van der Waals surface area contributed by atoms with Gasteiger partial charge >= 0.3 is 29.8 Å². The Hall–Kier alpha value is -2.73. The number of ether oxygens (including phenoxy) is 7. The van der Waals surface area contributed by atoms with Crippen LogP contribution < -0.4 is 0 Å². The summed E-state index contributed by atoms with van der Waals surface area (Å²) in [4.78, 5) is 57.8. The van der Waals surface area contributed by atoms with Crippen LogP contribution in [0.3, 0.4) is 0 Å². The molecule has 0 spiro atoms. The molecule has 0 aromatic carbocycles. The number of unbranched alkanes of at least 4 members (excludes halogenated alkanes) is 5. The zero-order valence-corrected chi connectivity index (χ0v) is 21.6. The lowest BCUT2D eigenvalue weighted by molar-refractivity contribution is -0.308. The SMILES string of the molecule is COC(=O)CCCCCCCCO[C@@H]1O[C@H](COC(C)=O)[C@H](OC(C)=O)[C@H](OC(C)=O)[C@H]1OC(C)=O. The largest absolute Gasteiger partial charge is 0.469 e. The van der Waals surface area contributed by atoms with Gasteiger partial charge in [0.15, 0.2) is 24.6 Å². The smallest absolute Gasteiger partial charge is 0.305 e. The Kier molecular flexibility index (Phi) is 14.7. The van der Waals surface area contributed by atoms with Crippen LogP contribution in [0.2, 0.25) is 0 Å². The second-order valence-corrected chi connectivity index (χ2v) is 8.39. The van der Waals surface area contributed by atoms with E-state index in [1.54, 1.807) is 0 Å². The molecule has 1 heterocycles.